The van der Waals surface area contributed by atoms with Crippen LogP contribution in [0.1, 0.15) is 5.56 Å². The number of nitrogens with two attached hydrogens (primary N) is 1. The van der Waals surface area contributed by atoms with Crippen LogP contribution in [0.4, 0.5) is 5.69 Å². The van der Waals surface area contributed by atoms with Crippen molar-refractivity contribution in [2.75, 3.05) is 11.5 Å². The fourth-order valence-corrected chi connectivity index (χ4v) is 2.67. The monoisotopic (exact) mass is 246 g/mol. The first-order chi connectivity index (χ1) is 8.27. The van der Waals surface area contributed by atoms with Gasteiger partial charge in [-0.3, -0.25) is 4.21 Å². The van der Waals surface area contributed by atoms with Crippen molar-refractivity contribution >= 4 is 16.5 Å². The number of rotatable bonds is 4. The minimum atomic E-state index is -1.13. The van der Waals surface area contributed by atoms with Crippen molar-refractivity contribution < 1.29 is 4.21 Å². The van der Waals surface area contributed by atoms with Crippen LogP contribution in [0.5, 0.6) is 0 Å². The maximum Gasteiger partial charge on any atom is 0.150 e. The van der Waals surface area contributed by atoms with Gasteiger partial charge in [0.25, 0.3) is 0 Å². The molecule has 1 heterocycles. The summed E-state index contributed by atoms with van der Waals surface area (Å²) in [7, 11) is -1.13. The minimum absolute atomic E-state index is 0.489. The van der Waals surface area contributed by atoms with E-state index in [0.29, 0.717) is 16.5 Å². The summed E-state index contributed by atoms with van der Waals surface area (Å²) in [6.45, 7) is 0. The van der Waals surface area contributed by atoms with Crippen molar-refractivity contribution in [3.63, 3.8) is 0 Å². The van der Waals surface area contributed by atoms with Gasteiger partial charge in [0.15, 0.2) is 0 Å². The maximum absolute atomic E-state index is 12.0. The minimum Gasteiger partial charge on any atom is -0.396 e. The standard InChI is InChI=1S/C13H14N2OS/c14-12-7-4-9-15-13(12)17(16)10-8-11-5-2-1-3-6-11/h1-7,9H,8,10,14H2. The molecule has 17 heavy (non-hydrogen) atoms. The third-order valence-corrected chi connectivity index (χ3v) is 3.78. The summed E-state index contributed by atoms with van der Waals surface area (Å²) >= 11 is 0. The van der Waals surface area contributed by atoms with Crippen LogP contribution in [0.3, 0.4) is 0 Å². The van der Waals surface area contributed by atoms with Crippen molar-refractivity contribution in [3.8, 4) is 0 Å². The lowest BCUT2D eigenvalue weighted by atomic mass is 10.2. The van der Waals surface area contributed by atoms with Crippen LogP contribution in [0.15, 0.2) is 53.7 Å². The van der Waals surface area contributed by atoms with E-state index in [1.54, 1.807) is 18.3 Å². The summed E-state index contributed by atoms with van der Waals surface area (Å²) in [5, 5.41) is 0.489. The fraction of sp³-hybridized carbons (Fsp3) is 0.154. The third-order valence-electron chi connectivity index (χ3n) is 2.44. The number of nitrogens with zero attached hydrogens (tertiary/aromatic N) is 1. The van der Waals surface area contributed by atoms with E-state index in [1.165, 1.54) is 5.56 Å². The zero-order chi connectivity index (χ0) is 12.1. The Hall–Kier alpha value is -1.68. The Balaban J connectivity index is 2.01. The topological polar surface area (TPSA) is 56.0 Å². The van der Waals surface area contributed by atoms with Crippen molar-refractivity contribution in [1.29, 1.82) is 0 Å². The van der Waals surface area contributed by atoms with Crippen LogP contribution >= 0.6 is 0 Å². The van der Waals surface area contributed by atoms with Gasteiger partial charge in [0.1, 0.15) is 5.03 Å². The quantitative estimate of drug-likeness (QED) is 0.898. The normalized spacial score (nSPS) is 12.2. The van der Waals surface area contributed by atoms with Crippen LogP contribution < -0.4 is 5.73 Å². The lowest BCUT2D eigenvalue weighted by Gasteiger charge is -2.04. The fourth-order valence-electron chi connectivity index (χ4n) is 1.55. The molecule has 0 radical (unpaired) electrons. The molecular weight excluding hydrogens is 232 g/mol. The van der Waals surface area contributed by atoms with Gasteiger partial charge in [0, 0.05) is 11.9 Å². The predicted octanol–water partition coefficient (Wildman–Crippen LogP) is 2.01. The molecule has 1 atom stereocenters. The largest absolute Gasteiger partial charge is 0.396 e. The number of aromatic nitrogens is 1. The molecule has 0 bridgehead atoms. The first-order valence-corrected chi connectivity index (χ1v) is 6.72. The van der Waals surface area contributed by atoms with Crippen LogP contribution in [-0.2, 0) is 17.2 Å². The molecule has 0 spiro atoms. The molecule has 0 saturated heterocycles. The van der Waals surface area contributed by atoms with Crippen molar-refractivity contribution in [2.45, 2.75) is 11.4 Å². The van der Waals surface area contributed by atoms with Crippen LogP contribution in [0.2, 0.25) is 0 Å². The number of hydrogen-bond acceptors (Lipinski definition) is 3. The highest BCUT2D eigenvalue weighted by atomic mass is 32.2. The van der Waals surface area contributed by atoms with E-state index in [2.05, 4.69) is 4.98 Å². The Morgan fingerprint density at radius 2 is 1.88 bits per heavy atom. The molecular formula is C13H14N2OS. The van der Waals surface area contributed by atoms with Gasteiger partial charge >= 0.3 is 0 Å². The smallest absolute Gasteiger partial charge is 0.150 e. The summed E-state index contributed by atoms with van der Waals surface area (Å²) in [5.74, 6) is 0.547. The van der Waals surface area contributed by atoms with Gasteiger partial charge in [-0.1, -0.05) is 30.3 Å². The van der Waals surface area contributed by atoms with E-state index >= 15 is 0 Å². The van der Waals surface area contributed by atoms with Crippen molar-refractivity contribution in [2.24, 2.45) is 0 Å². The van der Waals surface area contributed by atoms with E-state index in [9.17, 15) is 4.21 Å². The first kappa shape index (κ1) is 11.8. The Morgan fingerprint density at radius 1 is 1.12 bits per heavy atom. The Bertz CT molecular complexity index is 514. The lowest BCUT2D eigenvalue weighted by Crippen LogP contribution is -2.06. The van der Waals surface area contributed by atoms with E-state index in [-0.39, 0.29) is 0 Å². The maximum atomic E-state index is 12.0. The number of anilines is 1. The molecule has 0 saturated carbocycles. The molecule has 4 heteroatoms. The van der Waals surface area contributed by atoms with Gasteiger partial charge in [0.05, 0.1) is 16.5 Å². The Morgan fingerprint density at radius 3 is 2.59 bits per heavy atom. The second-order valence-corrected chi connectivity index (χ2v) is 5.17. The van der Waals surface area contributed by atoms with Gasteiger partial charge in [-0.05, 0) is 24.1 Å². The van der Waals surface area contributed by atoms with Crippen molar-refractivity contribution in [3.05, 3.63) is 54.2 Å². The van der Waals surface area contributed by atoms with E-state index < -0.39 is 10.8 Å². The summed E-state index contributed by atoms with van der Waals surface area (Å²) in [5.41, 5.74) is 7.41. The molecule has 1 aromatic heterocycles. The van der Waals surface area contributed by atoms with Gasteiger partial charge < -0.3 is 5.73 Å². The molecule has 88 valence electrons. The molecule has 2 aromatic rings. The molecule has 3 nitrogen and oxygen atoms in total. The number of benzene rings is 1. The molecule has 0 fully saturated rings. The second kappa shape index (κ2) is 5.59. The molecule has 0 aliphatic heterocycles. The number of nitrogen functional groups attached to an aromatic ring is 1. The molecule has 1 aromatic carbocycles. The van der Waals surface area contributed by atoms with Crippen LogP contribution in [0, 0.1) is 0 Å². The van der Waals surface area contributed by atoms with Crippen molar-refractivity contribution in [1.82, 2.24) is 4.98 Å². The molecule has 2 rings (SSSR count). The predicted molar refractivity (Wildman–Crippen MR) is 70.1 cm³/mol. The molecule has 0 aliphatic rings. The van der Waals surface area contributed by atoms with Crippen LogP contribution in [0.25, 0.3) is 0 Å². The Labute approximate surface area is 103 Å². The zero-order valence-corrected chi connectivity index (χ0v) is 10.2. The highest BCUT2D eigenvalue weighted by molar-refractivity contribution is 7.85. The van der Waals surface area contributed by atoms with E-state index in [4.69, 9.17) is 5.73 Å². The summed E-state index contributed by atoms with van der Waals surface area (Å²) in [6.07, 6.45) is 2.38. The molecule has 0 amide bonds. The highest BCUT2D eigenvalue weighted by Crippen LogP contribution is 2.13. The summed E-state index contributed by atoms with van der Waals surface area (Å²) in [4.78, 5) is 4.07. The van der Waals surface area contributed by atoms with Crippen LogP contribution in [-0.4, -0.2) is 14.9 Å². The van der Waals surface area contributed by atoms with Gasteiger partial charge in [-0.2, -0.15) is 0 Å². The molecule has 0 aliphatic carbocycles. The van der Waals surface area contributed by atoms with E-state index in [1.807, 2.05) is 30.3 Å². The SMILES string of the molecule is Nc1cccnc1S(=O)CCc1ccccc1. The molecule has 1 unspecified atom stereocenters. The second-order valence-electron chi connectivity index (χ2n) is 3.68. The number of pyridine rings is 1. The molecule has 2 N–H and O–H groups in total. The first-order valence-electron chi connectivity index (χ1n) is 5.40. The number of aryl methyl sites for hydroxylation is 1. The zero-order valence-electron chi connectivity index (χ0n) is 9.37. The number of hydrogen-bond donors (Lipinski definition) is 1. The average molecular weight is 246 g/mol. The van der Waals surface area contributed by atoms with Gasteiger partial charge in [-0.15, -0.1) is 0 Å². The van der Waals surface area contributed by atoms with E-state index in [0.717, 1.165) is 6.42 Å². The summed E-state index contributed by atoms with van der Waals surface area (Å²) < 4.78 is 12.0. The Kier molecular flexibility index (Phi) is 3.88. The lowest BCUT2D eigenvalue weighted by molar-refractivity contribution is 0.680. The average Bonchev–Trinajstić information content (AvgIpc) is 2.38. The summed E-state index contributed by atoms with van der Waals surface area (Å²) in [6, 6.07) is 13.5. The third kappa shape index (κ3) is 3.14. The van der Waals surface area contributed by atoms with Gasteiger partial charge in [0.2, 0.25) is 0 Å². The van der Waals surface area contributed by atoms with Gasteiger partial charge in [-0.25, -0.2) is 4.98 Å². The highest BCUT2D eigenvalue weighted by Gasteiger charge is 2.08.